The summed E-state index contributed by atoms with van der Waals surface area (Å²) in [7, 11) is -3.73. The van der Waals surface area contributed by atoms with Gasteiger partial charge in [0, 0.05) is 57.3 Å². The first kappa shape index (κ1) is 31.0. The van der Waals surface area contributed by atoms with E-state index in [1.165, 1.54) is 4.31 Å². The predicted octanol–water partition coefficient (Wildman–Crippen LogP) is 1.74. The maximum absolute atomic E-state index is 13.3. The summed E-state index contributed by atoms with van der Waals surface area (Å²) < 4.78 is 39.2. The van der Waals surface area contributed by atoms with Crippen LogP contribution < -0.4 is 15.8 Å². The third kappa shape index (κ3) is 6.82. The minimum Gasteiger partial charge on any atom is -0.490 e. The third-order valence-electron chi connectivity index (χ3n) is 8.96. The molecule has 2 aromatic rings. The number of nitrogens with two attached hydrogens (primary N) is 1. The molecule has 240 valence electrons. The van der Waals surface area contributed by atoms with Gasteiger partial charge in [0.15, 0.2) is 0 Å². The van der Waals surface area contributed by atoms with E-state index in [-0.39, 0.29) is 48.4 Å². The summed E-state index contributed by atoms with van der Waals surface area (Å²) in [5, 5.41) is 2.33. The largest absolute Gasteiger partial charge is 0.490 e. The Morgan fingerprint density at radius 3 is 2.38 bits per heavy atom. The van der Waals surface area contributed by atoms with Crippen LogP contribution in [-0.2, 0) is 37.4 Å². The van der Waals surface area contributed by atoms with Crippen molar-refractivity contribution in [1.29, 1.82) is 0 Å². The molecule has 4 heterocycles. The van der Waals surface area contributed by atoms with Gasteiger partial charge in [0.2, 0.25) is 21.8 Å². The lowest BCUT2D eigenvalue weighted by atomic mass is 10.0. The van der Waals surface area contributed by atoms with E-state index in [0.29, 0.717) is 43.7 Å². The maximum Gasteiger partial charge on any atom is 0.404 e. The summed E-state index contributed by atoms with van der Waals surface area (Å²) in [5.41, 5.74) is 7.65. The van der Waals surface area contributed by atoms with Gasteiger partial charge < -0.3 is 20.1 Å². The maximum atomic E-state index is 13.3. The van der Waals surface area contributed by atoms with Gasteiger partial charge in [0.25, 0.3) is 5.91 Å². The number of nitrogens with one attached hydrogen (secondary N) is 1. The number of amides is 4. The highest BCUT2D eigenvalue weighted by Gasteiger charge is 2.39. The van der Waals surface area contributed by atoms with Crippen LogP contribution in [0.4, 0.5) is 4.79 Å². The lowest BCUT2D eigenvalue weighted by molar-refractivity contribution is -0.136. The highest BCUT2D eigenvalue weighted by molar-refractivity contribution is 7.89. The van der Waals surface area contributed by atoms with Gasteiger partial charge in [-0.05, 0) is 61.4 Å². The van der Waals surface area contributed by atoms with Gasteiger partial charge in [0.1, 0.15) is 24.0 Å². The third-order valence-corrected chi connectivity index (χ3v) is 10.9. The molecule has 45 heavy (non-hydrogen) atoms. The van der Waals surface area contributed by atoms with Crippen molar-refractivity contribution in [2.45, 2.75) is 74.8 Å². The Kier molecular flexibility index (Phi) is 8.80. The van der Waals surface area contributed by atoms with Crippen LogP contribution in [0.15, 0.2) is 47.4 Å². The minimum atomic E-state index is -3.73. The first-order valence-corrected chi connectivity index (χ1v) is 16.7. The molecule has 1 atom stereocenters. The quantitative estimate of drug-likeness (QED) is 0.409. The van der Waals surface area contributed by atoms with Crippen molar-refractivity contribution in [1.82, 2.24) is 19.4 Å². The number of benzene rings is 2. The Balaban J connectivity index is 1.00. The molecule has 14 heteroatoms. The van der Waals surface area contributed by atoms with E-state index in [9.17, 15) is 27.6 Å². The average Bonchev–Trinajstić information content (AvgIpc) is 3.33. The van der Waals surface area contributed by atoms with Crippen LogP contribution in [0.5, 0.6) is 5.75 Å². The molecule has 6 rings (SSSR count). The van der Waals surface area contributed by atoms with Crippen molar-refractivity contribution in [3.05, 3.63) is 59.2 Å². The van der Waals surface area contributed by atoms with Crippen molar-refractivity contribution in [2.75, 3.05) is 26.2 Å². The zero-order valence-electron chi connectivity index (χ0n) is 24.9. The number of ether oxygens (including phenoxy) is 2. The SMILES string of the molecule is NC(=O)OC1CCN(S(=O)(=O)c2cccc(OC3CCN(Cc4ccc5c(c4)CN(C4CCC(=O)NC4=O)C5=O)CC3)c2)CC1. The summed E-state index contributed by atoms with van der Waals surface area (Å²) >= 11 is 0. The van der Waals surface area contributed by atoms with Crippen molar-refractivity contribution in [2.24, 2.45) is 5.73 Å². The van der Waals surface area contributed by atoms with Gasteiger partial charge >= 0.3 is 6.09 Å². The van der Waals surface area contributed by atoms with E-state index in [2.05, 4.69) is 10.2 Å². The van der Waals surface area contributed by atoms with Gasteiger partial charge in [-0.2, -0.15) is 4.31 Å². The number of rotatable bonds is 8. The molecular formula is C31H37N5O8S. The number of imide groups is 1. The number of primary amides is 1. The molecule has 0 radical (unpaired) electrons. The summed E-state index contributed by atoms with van der Waals surface area (Å²) in [4.78, 5) is 51.9. The number of nitrogens with zero attached hydrogens (tertiary/aromatic N) is 3. The molecule has 0 aliphatic carbocycles. The zero-order valence-corrected chi connectivity index (χ0v) is 25.7. The van der Waals surface area contributed by atoms with E-state index in [0.717, 1.165) is 37.1 Å². The fourth-order valence-electron chi connectivity index (χ4n) is 6.57. The van der Waals surface area contributed by atoms with Crippen LogP contribution in [0.2, 0.25) is 0 Å². The van der Waals surface area contributed by atoms with Crippen LogP contribution >= 0.6 is 0 Å². The smallest absolute Gasteiger partial charge is 0.404 e. The summed E-state index contributed by atoms with van der Waals surface area (Å²) in [5.74, 6) is -0.397. The second-order valence-corrected chi connectivity index (χ2v) is 13.9. The molecule has 4 aliphatic heterocycles. The summed E-state index contributed by atoms with van der Waals surface area (Å²) in [6.07, 6.45) is 1.60. The predicted molar refractivity (Wildman–Crippen MR) is 160 cm³/mol. The zero-order chi connectivity index (χ0) is 31.7. The van der Waals surface area contributed by atoms with Crippen molar-refractivity contribution in [3.63, 3.8) is 0 Å². The second kappa shape index (κ2) is 12.8. The normalized spacial score (nSPS) is 22.3. The molecule has 0 aromatic heterocycles. The molecule has 0 saturated carbocycles. The average molecular weight is 640 g/mol. The van der Waals surface area contributed by atoms with E-state index in [4.69, 9.17) is 15.2 Å². The molecule has 3 fully saturated rings. The Labute approximate surface area is 261 Å². The molecule has 2 aromatic carbocycles. The molecule has 0 bridgehead atoms. The van der Waals surface area contributed by atoms with Gasteiger partial charge in [-0.25, -0.2) is 13.2 Å². The van der Waals surface area contributed by atoms with Crippen molar-refractivity contribution in [3.8, 4) is 5.75 Å². The monoisotopic (exact) mass is 639 g/mol. The topological polar surface area (TPSA) is 169 Å². The molecule has 13 nitrogen and oxygen atoms in total. The van der Waals surface area contributed by atoms with Crippen LogP contribution in [0.1, 0.15) is 60.0 Å². The van der Waals surface area contributed by atoms with Gasteiger partial charge in [-0.3, -0.25) is 24.6 Å². The minimum absolute atomic E-state index is 0.0550. The number of carbonyl (C=O) groups excluding carboxylic acids is 4. The molecule has 3 N–H and O–H groups in total. The molecule has 4 amide bonds. The number of likely N-dealkylation sites (tertiary alicyclic amines) is 1. The van der Waals surface area contributed by atoms with E-state index >= 15 is 0 Å². The molecule has 3 saturated heterocycles. The number of piperidine rings is 3. The molecular weight excluding hydrogens is 602 g/mol. The highest BCUT2D eigenvalue weighted by Crippen LogP contribution is 2.30. The van der Waals surface area contributed by atoms with Crippen LogP contribution in [0.3, 0.4) is 0 Å². The fourth-order valence-corrected chi connectivity index (χ4v) is 8.08. The fraction of sp³-hybridized carbons (Fsp3) is 0.484. The Bertz CT molecular complexity index is 1600. The van der Waals surface area contributed by atoms with Crippen LogP contribution in [0.25, 0.3) is 0 Å². The first-order chi connectivity index (χ1) is 21.6. The van der Waals surface area contributed by atoms with E-state index in [1.807, 2.05) is 18.2 Å². The number of hydrogen-bond acceptors (Lipinski definition) is 9. The number of sulfonamides is 1. The molecule has 1 unspecified atom stereocenters. The summed E-state index contributed by atoms with van der Waals surface area (Å²) in [6, 6.07) is 11.7. The standard InChI is InChI=1S/C31H37N5O8S/c32-31(40)44-23-10-14-35(15-11-23)45(41,42)25-3-1-2-24(17-25)43-22-8-12-34(13-9-22)18-20-4-5-26-21(16-20)19-36(30(26)39)27-6-7-28(37)33-29(27)38/h1-5,16-17,22-23,27H,6-15,18-19H2,(H2,32,40)(H,33,37,38). The Morgan fingerprint density at radius 2 is 1.67 bits per heavy atom. The van der Waals surface area contributed by atoms with E-state index in [1.54, 1.807) is 29.2 Å². The lowest BCUT2D eigenvalue weighted by Crippen LogP contribution is -2.52. The lowest BCUT2D eigenvalue weighted by Gasteiger charge is -2.32. The second-order valence-electron chi connectivity index (χ2n) is 12.0. The van der Waals surface area contributed by atoms with Gasteiger partial charge in [-0.15, -0.1) is 0 Å². The van der Waals surface area contributed by atoms with Crippen LogP contribution in [0, 0.1) is 0 Å². The van der Waals surface area contributed by atoms with Crippen molar-refractivity contribution >= 4 is 33.8 Å². The number of fused-ring (bicyclic) bond motifs is 1. The van der Waals surface area contributed by atoms with Gasteiger partial charge in [0.05, 0.1) is 4.90 Å². The van der Waals surface area contributed by atoms with E-state index < -0.39 is 28.1 Å². The first-order valence-electron chi connectivity index (χ1n) is 15.3. The Hall–Kier alpha value is -4.01. The van der Waals surface area contributed by atoms with Crippen LogP contribution in [-0.4, -0.2) is 90.8 Å². The highest BCUT2D eigenvalue weighted by atomic mass is 32.2. The molecule has 4 aliphatic rings. The van der Waals surface area contributed by atoms with Crippen molar-refractivity contribution < 1.29 is 37.1 Å². The van der Waals surface area contributed by atoms with Gasteiger partial charge in [-0.1, -0.05) is 18.2 Å². The summed E-state index contributed by atoms with van der Waals surface area (Å²) in [6.45, 7) is 3.13. The molecule has 0 spiro atoms. The number of hydrogen-bond donors (Lipinski definition) is 2. The number of carbonyl (C=O) groups is 4. The Morgan fingerprint density at radius 1 is 0.933 bits per heavy atom.